The minimum absolute atomic E-state index is 0. The fraction of sp³-hybridized carbons (Fsp3) is 0.0690. The van der Waals surface area contributed by atoms with Crippen molar-refractivity contribution < 1.29 is 28.8 Å². The topological polar surface area (TPSA) is 29.1 Å². The maximum atomic E-state index is 13.5. The number of carbonyl (C=O) groups is 1. The van der Waals surface area contributed by atoms with Crippen molar-refractivity contribution in [1.29, 1.82) is 0 Å². The van der Waals surface area contributed by atoms with Gasteiger partial charge in [-0.3, -0.25) is 10.1 Å². The van der Waals surface area contributed by atoms with E-state index < -0.39 is 7.26 Å². The van der Waals surface area contributed by atoms with E-state index in [1.54, 1.807) is 36.0 Å². The molecule has 4 rings (SSSR count). The monoisotopic (exact) mass is 629 g/mol. The molecule has 0 aliphatic carbocycles. The molecule has 2 nitrogen and oxygen atoms in total. The number of rotatable bonds is 8. The molecule has 0 unspecified atom stereocenters. The average Bonchev–Trinajstić information content (AvgIpc) is 2.90. The Balaban J connectivity index is 0.00000342. The Kier molecular flexibility index (Phi) is 10.4. The van der Waals surface area contributed by atoms with Gasteiger partial charge in [0.25, 0.3) is 5.91 Å². The van der Waals surface area contributed by atoms with Crippen LogP contribution in [0.1, 0.15) is 17.3 Å². The summed E-state index contributed by atoms with van der Waals surface area (Å²) in [6.45, 7) is 2.12. The van der Waals surface area contributed by atoms with E-state index in [9.17, 15) is 4.79 Å². The highest BCUT2D eigenvalue weighted by atomic mass is 127. The largest absolute Gasteiger partial charge is 1.00 e. The lowest BCUT2D eigenvalue weighted by atomic mass is 10.2. The van der Waals surface area contributed by atoms with Crippen molar-refractivity contribution >= 4 is 52.4 Å². The lowest BCUT2D eigenvalue weighted by Crippen LogP contribution is -3.00. The van der Waals surface area contributed by atoms with Crippen molar-refractivity contribution in [3.63, 3.8) is 0 Å². The highest BCUT2D eigenvalue weighted by Crippen LogP contribution is 2.61. The highest BCUT2D eigenvalue weighted by Gasteiger charge is 2.50. The number of benzene rings is 4. The van der Waals surface area contributed by atoms with Gasteiger partial charge in [0, 0.05) is 16.0 Å². The van der Waals surface area contributed by atoms with Crippen molar-refractivity contribution in [3.05, 3.63) is 137 Å². The molecule has 0 aromatic heterocycles. The molecule has 6 heteroatoms. The fourth-order valence-corrected chi connectivity index (χ4v) is 9.19. The quantitative estimate of drug-likeness (QED) is 0.239. The van der Waals surface area contributed by atoms with E-state index in [2.05, 4.69) is 90.4 Å². The summed E-state index contributed by atoms with van der Waals surface area (Å²) in [6.07, 6.45) is 0. The van der Waals surface area contributed by atoms with Crippen LogP contribution < -0.4 is 45.2 Å². The molecule has 0 fully saturated rings. The third kappa shape index (κ3) is 6.18. The molecule has 0 aliphatic rings. The van der Waals surface area contributed by atoms with Crippen LogP contribution in [0.15, 0.2) is 126 Å². The number of amides is 1. The third-order valence-electron chi connectivity index (χ3n) is 5.50. The number of carbonyl (C=O) groups excluding carboxylic acids is 1. The van der Waals surface area contributed by atoms with Crippen LogP contribution in [0.25, 0.3) is 0 Å². The summed E-state index contributed by atoms with van der Waals surface area (Å²) in [4.78, 5) is 13.5. The molecule has 35 heavy (non-hydrogen) atoms. The number of thioether (sulfide) groups is 1. The Morgan fingerprint density at radius 2 is 1.20 bits per heavy atom. The molecule has 0 radical (unpaired) electrons. The minimum Gasteiger partial charge on any atom is -1.00 e. The van der Waals surface area contributed by atoms with Gasteiger partial charge in [-0.15, -0.1) is 11.8 Å². The fourth-order valence-electron chi connectivity index (χ4n) is 3.96. The molecule has 1 N–H and O–H groups in total. The molecule has 4 aromatic carbocycles. The van der Waals surface area contributed by atoms with Gasteiger partial charge in [-0.2, -0.15) is 0 Å². The zero-order chi connectivity index (χ0) is 23.8. The second-order valence-corrected chi connectivity index (χ2v) is 12.6. The van der Waals surface area contributed by atoms with Gasteiger partial charge in [-0.25, -0.2) is 0 Å². The smallest absolute Gasteiger partial charge is 0.258 e. The summed E-state index contributed by atoms with van der Waals surface area (Å²) in [5.41, 5.74) is 1.49. The molecule has 0 aliphatic heterocycles. The van der Waals surface area contributed by atoms with Crippen molar-refractivity contribution in [2.75, 3.05) is 5.75 Å². The van der Waals surface area contributed by atoms with E-state index in [0.717, 1.165) is 11.2 Å². The first-order valence-corrected chi connectivity index (χ1v) is 14.3. The lowest BCUT2D eigenvalue weighted by Gasteiger charge is -2.29. The Labute approximate surface area is 234 Å². The number of hydrogen-bond acceptors (Lipinski definition) is 2. The second-order valence-electron chi connectivity index (χ2n) is 7.60. The molecule has 0 spiro atoms. The van der Waals surface area contributed by atoms with Crippen molar-refractivity contribution in [1.82, 2.24) is 5.32 Å². The van der Waals surface area contributed by atoms with Crippen LogP contribution in [0.3, 0.4) is 0 Å². The summed E-state index contributed by atoms with van der Waals surface area (Å²) in [7, 11) is -2.39. The van der Waals surface area contributed by atoms with Gasteiger partial charge < -0.3 is 24.0 Å². The summed E-state index contributed by atoms with van der Waals surface area (Å²) < 4.78 is 0. The lowest BCUT2D eigenvalue weighted by molar-refractivity contribution is -0.0000148. The summed E-state index contributed by atoms with van der Waals surface area (Å²) in [5.74, 6) is 0.755. The van der Waals surface area contributed by atoms with Crippen LogP contribution in [-0.4, -0.2) is 11.7 Å². The standard InChI is InChI=1S/C29H25ClNOPS.HI/c1-2-34-22-28(31-29(32)23-18-20-24(30)21-19-23)33(25-12-6-3-7-13-25,26-14-8-4-9-15-26)27-16-10-5-11-17-27;/h3-22H,2H2,1H3;1H/b28-22+;. The Morgan fingerprint density at radius 3 is 1.60 bits per heavy atom. The molecular formula is C29H26ClINOPS. The molecular weight excluding hydrogens is 604 g/mol. The molecule has 0 saturated carbocycles. The number of hydrogen-bond donors (Lipinski definition) is 1. The van der Waals surface area contributed by atoms with E-state index in [1.165, 1.54) is 15.9 Å². The van der Waals surface area contributed by atoms with Crippen LogP contribution in [-0.2, 0) is 0 Å². The normalized spacial score (nSPS) is 11.4. The Bertz CT molecular complexity index is 1160. The van der Waals surface area contributed by atoms with Gasteiger partial charge in [-0.1, -0.05) is 73.1 Å². The predicted octanol–water partition coefficient (Wildman–Crippen LogP) is 3.62. The molecule has 0 saturated heterocycles. The summed E-state index contributed by atoms with van der Waals surface area (Å²) in [5, 5.41) is 9.63. The molecule has 178 valence electrons. The van der Waals surface area contributed by atoms with Crippen LogP contribution in [0.2, 0.25) is 5.02 Å². The van der Waals surface area contributed by atoms with Crippen molar-refractivity contribution in [3.8, 4) is 0 Å². The van der Waals surface area contributed by atoms with Crippen molar-refractivity contribution in [2.45, 2.75) is 6.92 Å². The van der Waals surface area contributed by atoms with E-state index in [1.807, 2.05) is 18.2 Å². The molecule has 0 bridgehead atoms. The maximum Gasteiger partial charge on any atom is 0.258 e. The SMILES string of the molecule is CCS/C=C(\NC(=O)c1ccc(Cl)cc1)[P+](c1ccccc1)(c1ccccc1)c1ccccc1.[I-]. The Hall–Kier alpha value is -2.11. The van der Waals surface area contributed by atoms with Gasteiger partial charge >= 0.3 is 0 Å². The van der Waals surface area contributed by atoms with Crippen LogP contribution in [0.5, 0.6) is 0 Å². The van der Waals surface area contributed by atoms with Gasteiger partial charge in [0.05, 0.1) is 0 Å². The first-order valence-electron chi connectivity index (χ1n) is 11.1. The molecule has 4 aromatic rings. The first kappa shape index (κ1) is 27.5. The highest BCUT2D eigenvalue weighted by molar-refractivity contribution is 8.04. The zero-order valence-corrected chi connectivity index (χ0v) is 23.9. The number of halogens is 2. The first-order chi connectivity index (χ1) is 16.7. The number of nitrogens with one attached hydrogen (secondary N) is 1. The van der Waals surface area contributed by atoms with E-state index in [-0.39, 0.29) is 29.9 Å². The van der Waals surface area contributed by atoms with E-state index in [0.29, 0.717) is 10.6 Å². The molecule has 0 heterocycles. The Morgan fingerprint density at radius 1 is 0.771 bits per heavy atom. The van der Waals surface area contributed by atoms with E-state index in [4.69, 9.17) is 11.6 Å². The average molecular weight is 630 g/mol. The molecule has 1 amide bonds. The van der Waals surface area contributed by atoms with Crippen LogP contribution >= 0.6 is 30.6 Å². The zero-order valence-electron chi connectivity index (χ0n) is 19.3. The van der Waals surface area contributed by atoms with Gasteiger partial charge in [0.1, 0.15) is 15.9 Å². The van der Waals surface area contributed by atoms with Crippen LogP contribution in [0.4, 0.5) is 0 Å². The van der Waals surface area contributed by atoms with Crippen molar-refractivity contribution in [2.24, 2.45) is 0 Å². The van der Waals surface area contributed by atoms with Gasteiger partial charge in [-0.05, 0) is 66.4 Å². The summed E-state index contributed by atoms with van der Waals surface area (Å²) >= 11 is 7.76. The minimum atomic E-state index is -2.39. The summed E-state index contributed by atoms with van der Waals surface area (Å²) in [6, 6.07) is 38.6. The van der Waals surface area contributed by atoms with E-state index >= 15 is 0 Å². The third-order valence-corrected chi connectivity index (χ3v) is 10.8. The van der Waals surface area contributed by atoms with Gasteiger partial charge in [0.2, 0.25) is 0 Å². The van der Waals surface area contributed by atoms with Crippen LogP contribution in [0, 0.1) is 0 Å². The van der Waals surface area contributed by atoms with Gasteiger partial charge in [0.15, 0.2) is 12.7 Å². The predicted molar refractivity (Wildman–Crippen MR) is 150 cm³/mol. The second kappa shape index (κ2) is 13.3. The maximum absolute atomic E-state index is 13.5. The molecule has 0 atom stereocenters.